The minimum absolute atomic E-state index is 1.19. The molecule has 0 saturated heterocycles. The predicted octanol–water partition coefficient (Wildman–Crippen LogP) is 3.79. The molecule has 1 nitrogen and oxygen atoms in total. The fourth-order valence-electron chi connectivity index (χ4n) is 1.76. The highest BCUT2D eigenvalue weighted by molar-refractivity contribution is 7.98. The van der Waals surface area contributed by atoms with Gasteiger partial charge in [0.05, 0.1) is 0 Å². The van der Waals surface area contributed by atoms with E-state index in [1.807, 2.05) is 12.3 Å². The van der Waals surface area contributed by atoms with Gasteiger partial charge in [-0.3, -0.25) is 0 Å². The van der Waals surface area contributed by atoms with Crippen molar-refractivity contribution in [1.82, 2.24) is 0 Å². The van der Waals surface area contributed by atoms with E-state index in [4.69, 9.17) is 0 Å². The van der Waals surface area contributed by atoms with Gasteiger partial charge >= 0.3 is 0 Å². The molecule has 0 saturated carbocycles. The number of nitrogens with zero attached hydrogens (tertiary/aromatic N) is 1. The number of benzene rings is 2. The molecular formula is C13H9NS. The Kier molecular flexibility index (Phi) is 2.07. The Morgan fingerprint density at radius 2 is 1.53 bits per heavy atom. The van der Waals surface area contributed by atoms with E-state index in [-0.39, 0.29) is 0 Å². The Labute approximate surface area is 93.0 Å². The average Bonchev–Trinajstić information content (AvgIpc) is 2.48. The maximum atomic E-state index is 4.35. The van der Waals surface area contributed by atoms with Crippen LogP contribution >= 0.6 is 11.9 Å². The van der Waals surface area contributed by atoms with Crippen LogP contribution in [0.3, 0.4) is 0 Å². The molecule has 0 bridgehead atoms. The van der Waals surface area contributed by atoms with E-state index in [9.17, 15) is 0 Å². The molecule has 2 aromatic rings. The van der Waals surface area contributed by atoms with Gasteiger partial charge in [-0.05, 0) is 17.2 Å². The third-order valence-corrected chi connectivity index (χ3v) is 3.24. The molecule has 1 heterocycles. The molecule has 0 radical (unpaired) electrons. The fourth-order valence-corrected chi connectivity index (χ4v) is 2.46. The molecule has 0 aliphatic carbocycles. The monoisotopic (exact) mass is 211 g/mol. The van der Waals surface area contributed by atoms with Crippen LogP contribution in [0.4, 0.5) is 0 Å². The lowest BCUT2D eigenvalue weighted by atomic mass is 10.0. The molecule has 1 aliphatic rings. The lowest BCUT2D eigenvalue weighted by molar-refractivity contribution is 1.45. The van der Waals surface area contributed by atoms with E-state index < -0.39 is 0 Å². The lowest BCUT2D eigenvalue weighted by Gasteiger charge is -2.06. The minimum Gasteiger partial charge on any atom is -0.219 e. The van der Waals surface area contributed by atoms with Crippen LogP contribution in [0.1, 0.15) is 5.56 Å². The highest BCUT2D eigenvalue weighted by atomic mass is 32.2. The van der Waals surface area contributed by atoms with Crippen LogP contribution in [0.25, 0.3) is 11.1 Å². The molecule has 1 aliphatic heterocycles. The van der Waals surface area contributed by atoms with Crippen LogP contribution in [0.15, 0.2) is 57.8 Å². The third kappa shape index (κ3) is 1.47. The first kappa shape index (κ1) is 8.74. The van der Waals surface area contributed by atoms with Crippen molar-refractivity contribution in [2.24, 2.45) is 4.40 Å². The van der Waals surface area contributed by atoms with Gasteiger partial charge in [-0.1, -0.05) is 42.5 Å². The van der Waals surface area contributed by atoms with E-state index in [1.54, 1.807) is 0 Å². The third-order valence-electron chi connectivity index (χ3n) is 2.48. The molecule has 2 heteroatoms. The Hall–Kier alpha value is -1.54. The van der Waals surface area contributed by atoms with Crippen LogP contribution < -0.4 is 0 Å². The van der Waals surface area contributed by atoms with Crippen molar-refractivity contribution < 1.29 is 0 Å². The fraction of sp³-hybridized carbons (Fsp3) is 0. The summed E-state index contributed by atoms with van der Waals surface area (Å²) in [5.74, 6) is 0. The zero-order chi connectivity index (χ0) is 10.1. The molecule has 0 atom stereocenters. The van der Waals surface area contributed by atoms with Gasteiger partial charge in [0.2, 0.25) is 0 Å². The van der Waals surface area contributed by atoms with E-state index in [0.717, 1.165) is 0 Å². The highest BCUT2D eigenvalue weighted by Gasteiger charge is 2.10. The van der Waals surface area contributed by atoms with Gasteiger partial charge < -0.3 is 0 Å². The molecule has 72 valence electrons. The molecule has 0 fully saturated rings. The number of hydrogen-bond acceptors (Lipinski definition) is 2. The molecule has 3 rings (SSSR count). The quantitative estimate of drug-likeness (QED) is 0.604. The van der Waals surface area contributed by atoms with E-state index in [2.05, 4.69) is 46.9 Å². The van der Waals surface area contributed by atoms with Crippen molar-refractivity contribution in [3.63, 3.8) is 0 Å². The van der Waals surface area contributed by atoms with Crippen molar-refractivity contribution >= 4 is 18.2 Å². The topological polar surface area (TPSA) is 12.4 Å². The van der Waals surface area contributed by atoms with Crippen molar-refractivity contribution in [1.29, 1.82) is 0 Å². The summed E-state index contributed by atoms with van der Waals surface area (Å²) in [6, 6.07) is 16.7. The van der Waals surface area contributed by atoms with E-state index in [0.29, 0.717) is 0 Å². The van der Waals surface area contributed by atoms with E-state index in [1.165, 1.54) is 33.5 Å². The first-order valence-corrected chi connectivity index (χ1v) is 5.61. The SMILES string of the molecule is C1=NSc2ccccc2-c2ccccc21. The lowest BCUT2D eigenvalue weighted by Crippen LogP contribution is -1.85. The van der Waals surface area contributed by atoms with Crippen LogP contribution in [-0.4, -0.2) is 6.21 Å². The van der Waals surface area contributed by atoms with Gasteiger partial charge in [0.25, 0.3) is 0 Å². The van der Waals surface area contributed by atoms with Gasteiger partial charge in [-0.2, -0.15) is 0 Å². The largest absolute Gasteiger partial charge is 0.219 e. The van der Waals surface area contributed by atoms with Gasteiger partial charge in [0.1, 0.15) is 0 Å². The predicted molar refractivity (Wildman–Crippen MR) is 65.3 cm³/mol. The molecule has 0 N–H and O–H groups in total. The average molecular weight is 211 g/mol. The second-order valence-corrected chi connectivity index (χ2v) is 4.24. The number of fused-ring (bicyclic) bond motifs is 3. The second-order valence-electron chi connectivity index (χ2n) is 3.41. The normalized spacial score (nSPS) is 12.8. The van der Waals surface area contributed by atoms with Gasteiger partial charge in [-0.25, -0.2) is 4.40 Å². The van der Waals surface area contributed by atoms with Crippen molar-refractivity contribution in [2.75, 3.05) is 0 Å². The maximum Gasteiger partial charge on any atom is 0.0434 e. The molecule has 15 heavy (non-hydrogen) atoms. The Bertz CT molecular complexity index is 532. The summed E-state index contributed by atoms with van der Waals surface area (Å²) in [6.07, 6.45) is 1.93. The molecule has 0 unspecified atom stereocenters. The van der Waals surface area contributed by atoms with Crippen molar-refractivity contribution in [3.05, 3.63) is 54.1 Å². The first-order chi connectivity index (χ1) is 7.45. The maximum absolute atomic E-state index is 4.35. The van der Waals surface area contributed by atoms with E-state index >= 15 is 0 Å². The van der Waals surface area contributed by atoms with Crippen LogP contribution in [0.2, 0.25) is 0 Å². The van der Waals surface area contributed by atoms with Crippen LogP contribution in [0, 0.1) is 0 Å². The van der Waals surface area contributed by atoms with Gasteiger partial charge in [0, 0.05) is 28.6 Å². The molecule has 0 amide bonds. The summed E-state index contributed by atoms with van der Waals surface area (Å²) >= 11 is 1.54. The number of rotatable bonds is 0. The summed E-state index contributed by atoms with van der Waals surface area (Å²) in [4.78, 5) is 1.22. The zero-order valence-corrected chi connectivity index (χ0v) is 8.87. The molecule has 0 spiro atoms. The van der Waals surface area contributed by atoms with Gasteiger partial charge in [0.15, 0.2) is 0 Å². The number of hydrogen-bond donors (Lipinski definition) is 0. The second kappa shape index (κ2) is 3.55. The smallest absolute Gasteiger partial charge is 0.0434 e. The van der Waals surface area contributed by atoms with Crippen molar-refractivity contribution in [2.45, 2.75) is 4.90 Å². The summed E-state index contributed by atoms with van der Waals surface area (Å²) in [5.41, 5.74) is 3.73. The zero-order valence-electron chi connectivity index (χ0n) is 8.05. The molecular weight excluding hydrogens is 202 g/mol. The highest BCUT2D eigenvalue weighted by Crippen LogP contribution is 2.35. The van der Waals surface area contributed by atoms with Gasteiger partial charge in [-0.15, -0.1) is 0 Å². The summed E-state index contributed by atoms with van der Waals surface area (Å²) in [5, 5.41) is 0. The molecule has 2 aromatic carbocycles. The molecule has 0 aromatic heterocycles. The van der Waals surface area contributed by atoms with Crippen LogP contribution in [0.5, 0.6) is 0 Å². The Morgan fingerprint density at radius 3 is 2.47 bits per heavy atom. The minimum atomic E-state index is 1.19. The standard InChI is InChI=1S/C13H9NS/c1-2-6-11-10(5-1)9-14-15-13-8-4-3-7-12(11)13/h1-9H. The van der Waals surface area contributed by atoms with Crippen LogP contribution in [-0.2, 0) is 0 Å². The Morgan fingerprint density at radius 1 is 0.800 bits per heavy atom. The first-order valence-electron chi connectivity index (χ1n) is 4.84. The summed E-state index contributed by atoms with van der Waals surface area (Å²) in [7, 11) is 0. The van der Waals surface area contributed by atoms with Crippen molar-refractivity contribution in [3.8, 4) is 11.1 Å². The Balaban J connectivity index is 2.33. The summed E-state index contributed by atoms with van der Waals surface area (Å²) < 4.78 is 4.35. The summed E-state index contributed by atoms with van der Waals surface area (Å²) in [6.45, 7) is 0.